The molecule has 1 aromatic carbocycles. The smallest absolute Gasteiger partial charge is 0.192 e. The van der Waals surface area contributed by atoms with Crippen LogP contribution in [0.4, 0.5) is 5.69 Å². The molecule has 0 amide bonds. The molecule has 1 aromatic rings. The molecule has 1 atom stereocenters. The standard InChI is InChI=1S/C25H44N2O2Si2/c1-23(2,3)30(7,8)28-17-25(18-29-31(9,10)24(4,5)6)22-20(15-16-26-25)19-13-11-12-14-21(19)27-22/h11-14,20,26H,15-18H2,1-10H3. The number of fused-ring (bicyclic) bond motifs is 3. The van der Waals surface area contributed by atoms with Gasteiger partial charge in [-0.2, -0.15) is 0 Å². The topological polar surface area (TPSA) is 42.9 Å². The summed E-state index contributed by atoms with van der Waals surface area (Å²) >= 11 is 0. The van der Waals surface area contributed by atoms with Gasteiger partial charge in [0.1, 0.15) is 5.54 Å². The van der Waals surface area contributed by atoms with Gasteiger partial charge in [-0.3, -0.25) is 4.99 Å². The van der Waals surface area contributed by atoms with E-state index in [0.717, 1.165) is 18.7 Å². The Labute approximate surface area is 192 Å². The van der Waals surface area contributed by atoms with Gasteiger partial charge in [0.25, 0.3) is 0 Å². The van der Waals surface area contributed by atoms with Crippen LogP contribution in [0.1, 0.15) is 59.4 Å². The predicted molar refractivity (Wildman–Crippen MR) is 138 cm³/mol. The van der Waals surface area contributed by atoms with E-state index in [9.17, 15) is 0 Å². The summed E-state index contributed by atoms with van der Waals surface area (Å²) in [5.41, 5.74) is 3.34. The SMILES string of the molecule is CC(C)(C)[Si](C)(C)OCC1(CO[Si](C)(C)C(C)(C)C)NCCC2C1=Nc1ccccc12. The molecule has 31 heavy (non-hydrogen) atoms. The minimum Gasteiger partial charge on any atom is -0.414 e. The van der Waals surface area contributed by atoms with E-state index in [2.05, 4.69) is 97.3 Å². The zero-order chi connectivity index (χ0) is 23.3. The third kappa shape index (κ3) is 4.79. The van der Waals surface area contributed by atoms with Crippen molar-refractivity contribution in [2.24, 2.45) is 4.99 Å². The van der Waals surface area contributed by atoms with Crippen LogP contribution in [0.5, 0.6) is 0 Å². The maximum Gasteiger partial charge on any atom is 0.192 e. The summed E-state index contributed by atoms with van der Waals surface area (Å²) in [6.07, 6.45) is 1.08. The average Bonchev–Trinajstić information content (AvgIpc) is 3.03. The maximum absolute atomic E-state index is 6.83. The first-order chi connectivity index (χ1) is 14.1. The van der Waals surface area contributed by atoms with E-state index in [1.165, 1.54) is 11.3 Å². The molecule has 0 bridgehead atoms. The fourth-order valence-corrected chi connectivity index (χ4v) is 5.93. The van der Waals surface area contributed by atoms with Gasteiger partial charge in [0.15, 0.2) is 16.6 Å². The van der Waals surface area contributed by atoms with Gasteiger partial charge in [-0.15, -0.1) is 0 Å². The molecular formula is C25H44N2O2Si2. The summed E-state index contributed by atoms with van der Waals surface area (Å²) in [5.74, 6) is 0.364. The number of hydrogen-bond acceptors (Lipinski definition) is 4. The Hall–Kier alpha value is -0.796. The molecule has 174 valence electrons. The molecule has 0 aromatic heterocycles. The van der Waals surface area contributed by atoms with E-state index in [1.54, 1.807) is 0 Å². The lowest BCUT2D eigenvalue weighted by Gasteiger charge is -2.47. The summed E-state index contributed by atoms with van der Waals surface area (Å²) in [4.78, 5) is 5.18. The summed E-state index contributed by atoms with van der Waals surface area (Å²) < 4.78 is 13.7. The number of rotatable bonds is 6. The summed E-state index contributed by atoms with van der Waals surface area (Å²) in [7, 11) is -3.82. The van der Waals surface area contributed by atoms with Gasteiger partial charge in [-0.25, -0.2) is 0 Å². The first kappa shape index (κ1) is 24.8. The quantitative estimate of drug-likeness (QED) is 0.484. The maximum atomic E-state index is 6.83. The summed E-state index contributed by atoms with van der Waals surface area (Å²) in [5, 5.41) is 4.19. The van der Waals surface area contributed by atoms with E-state index in [0.29, 0.717) is 19.1 Å². The number of para-hydroxylation sites is 1. The number of benzene rings is 1. The van der Waals surface area contributed by atoms with Crippen LogP contribution in [0.2, 0.25) is 36.3 Å². The fraction of sp³-hybridized carbons (Fsp3) is 0.720. The van der Waals surface area contributed by atoms with Gasteiger partial charge >= 0.3 is 0 Å². The third-order valence-corrected chi connectivity index (χ3v) is 17.2. The number of nitrogens with zero attached hydrogens (tertiary/aromatic N) is 1. The zero-order valence-electron chi connectivity index (χ0n) is 21.5. The molecule has 2 heterocycles. The van der Waals surface area contributed by atoms with Gasteiger partial charge in [0.05, 0.1) is 24.6 Å². The molecule has 4 nitrogen and oxygen atoms in total. The Bertz CT molecular complexity index is 805. The van der Waals surface area contributed by atoms with Gasteiger partial charge in [-0.05, 0) is 60.9 Å². The molecule has 6 heteroatoms. The average molecular weight is 461 g/mol. The lowest BCUT2D eigenvalue weighted by molar-refractivity contribution is 0.136. The molecule has 2 aliphatic heterocycles. The van der Waals surface area contributed by atoms with E-state index in [-0.39, 0.29) is 15.6 Å². The van der Waals surface area contributed by atoms with Gasteiger partial charge < -0.3 is 14.2 Å². The van der Waals surface area contributed by atoms with Crippen LogP contribution < -0.4 is 5.32 Å². The molecule has 0 spiro atoms. The predicted octanol–water partition coefficient (Wildman–Crippen LogP) is 6.63. The third-order valence-electron chi connectivity index (χ3n) is 8.24. The first-order valence-corrected chi connectivity index (χ1v) is 17.6. The van der Waals surface area contributed by atoms with Crippen molar-refractivity contribution in [2.75, 3.05) is 19.8 Å². The summed E-state index contributed by atoms with van der Waals surface area (Å²) in [6, 6.07) is 8.62. The largest absolute Gasteiger partial charge is 0.414 e. The molecular weight excluding hydrogens is 416 g/mol. The Balaban J connectivity index is 1.95. The number of hydrogen-bond donors (Lipinski definition) is 1. The number of aliphatic imine (C=N–C) groups is 1. The van der Waals surface area contributed by atoms with Crippen LogP contribution in [0.15, 0.2) is 29.3 Å². The van der Waals surface area contributed by atoms with Crippen molar-refractivity contribution in [1.82, 2.24) is 5.32 Å². The molecule has 1 N–H and O–H groups in total. The van der Waals surface area contributed by atoms with E-state index in [4.69, 9.17) is 13.8 Å². The van der Waals surface area contributed by atoms with Crippen LogP contribution in [-0.4, -0.2) is 47.6 Å². The van der Waals surface area contributed by atoms with Crippen LogP contribution in [0.3, 0.4) is 0 Å². The van der Waals surface area contributed by atoms with Gasteiger partial charge in [0, 0.05) is 5.92 Å². The normalized spacial score (nSPS) is 21.5. The zero-order valence-corrected chi connectivity index (χ0v) is 23.5. The van der Waals surface area contributed by atoms with Crippen molar-refractivity contribution in [3.05, 3.63) is 29.8 Å². The van der Waals surface area contributed by atoms with Crippen molar-refractivity contribution < 1.29 is 8.85 Å². The molecule has 0 aliphatic carbocycles. The Morgan fingerprint density at radius 2 is 1.45 bits per heavy atom. The Kier molecular flexibility index (Phi) is 6.58. The molecule has 2 aliphatic rings. The van der Waals surface area contributed by atoms with Gasteiger partial charge in [-0.1, -0.05) is 59.7 Å². The molecule has 1 saturated heterocycles. The van der Waals surface area contributed by atoms with Crippen molar-refractivity contribution >= 4 is 28.0 Å². The second-order valence-corrected chi connectivity index (χ2v) is 22.1. The highest BCUT2D eigenvalue weighted by atomic mass is 28.4. The molecule has 3 rings (SSSR count). The number of piperidine rings is 1. The molecule has 1 unspecified atom stereocenters. The van der Waals surface area contributed by atoms with Crippen molar-refractivity contribution in [3.8, 4) is 0 Å². The van der Waals surface area contributed by atoms with Crippen molar-refractivity contribution in [2.45, 2.75) is 95.7 Å². The van der Waals surface area contributed by atoms with Crippen LogP contribution >= 0.6 is 0 Å². The first-order valence-electron chi connectivity index (χ1n) is 11.8. The second kappa shape index (κ2) is 8.21. The van der Waals surface area contributed by atoms with Crippen LogP contribution in [0, 0.1) is 0 Å². The molecule has 0 radical (unpaired) electrons. The van der Waals surface area contributed by atoms with E-state index < -0.39 is 16.6 Å². The van der Waals surface area contributed by atoms with Crippen molar-refractivity contribution in [1.29, 1.82) is 0 Å². The lowest BCUT2D eigenvalue weighted by Crippen LogP contribution is -2.65. The number of nitrogens with one attached hydrogen (secondary N) is 1. The van der Waals surface area contributed by atoms with Gasteiger partial charge in [0.2, 0.25) is 0 Å². The van der Waals surface area contributed by atoms with Crippen LogP contribution in [-0.2, 0) is 8.85 Å². The minimum atomic E-state index is -1.91. The lowest BCUT2D eigenvalue weighted by atomic mass is 9.78. The highest BCUT2D eigenvalue weighted by Crippen LogP contribution is 2.45. The minimum absolute atomic E-state index is 0.170. The molecule has 0 saturated carbocycles. The summed E-state index contributed by atoms with van der Waals surface area (Å²) in [6.45, 7) is 25.4. The Morgan fingerprint density at radius 3 is 1.97 bits per heavy atom. The fourth-order valence-electron chi connectivity index (χ4n) is 3.85. The van der Waals surface area contributed by atoms with Crippen LogP contribution in [0.25, 0.3) is 0 Å². The second-order valence-electron chi connectivity index (χ2n) is 12.5. The Morgan fingerprint density at radius 1 is 0.935 bits per heavy atom. The van der Waals surface area contributed by atoms with E-state index >= 15 is 0 Å². The highest BCUT2D eigenvalue weighted by Gasteiger charge is 2.50. The van der Waals surface area contributed by atoms with E-state index in [1.807, 2.05) is 0 Å². The highest BCUT2D eigenvalue weighted by molar-refractivity contribution is 6.74. The molecule has 1 fully saturated rings. The van der Waals surface area contributed by atoms with Crippen molar-refractivity contribution in [3.63, 3.8) is 0 Å². The monoisotopic (exact) mass is 460 g/mol.